The summed E-state index contributed by atoms with van der Waals surface area (Å²) in [6, 6.07) is 0. The zero-order valence-corrected chi connectivity index (χ0v) is 7.54. The molecule has 70 valence electrons. The normalized spacial score (nSPS) is 9.58. The van der Waals surface area contributed by atoms with E-state index >= 15 is 0 Å². The molecule has 1 N–H and O–H groups in total. The highest BCUT2D eigenvalue weighted by molar-refractivity contribution is 5.96. The van der Waals surface area contributed by atoms with Gasteiger partial charge in [-0.25, -0.2) is 0 Å². The summed E-state index contributed by atoms with van der Waals surface area (Å²) in [5, 5.41) is 8.47. The van der Waals surface area contributed by atoms with E-state index in [1.54, 1.807) is 7.05 Å². The molecular weight excluding hydrogens is 158 g/mol. The molecule has 0 aliphatic carbocycles. The Balaban J connectivity index is 3.69. The number of aliphatic hydroxyl groups is 1. The summed E-state index contributed by atoms with van der Waals surface area (Å²) in [6.45, 7) is 1.96. The molecule has 0 rings (SSSR count). The number of Topliss-reactive ketones (excluding diaryl/α,β-unsaturated/α-hetero) is 1. The van der Waals surface area contributed by atoms with E-state index in [0.29, 0.717) is 13.0 Å². The lowest BCUT2D eigenvalue weighted by atomic mass is 10.3. The first kappa shape index (κ1) is 11.1. The van der Waals surface area contributed by atoms with Crippen LogP contribution in [0, 0.1) is 0 Å². The number of aliphatic hydroxyl groups excluding tert-OH is 1. The SMILES string of the molecule is CC(=O)CC(=O)N(C)CCCO. The third-order valence-electron chi connectivity index (χ3n) is 1.48. The summed E-state index contributed by atoms with van der Waals surface area (Å²) in [6.07, 6.45) is 0.516. The monoisotopic (exact) mass is 173 g/mol. The Labute approximate surface area is 72.2 Å². The van der Waals surface area contributed by atoms with Crippen LogP contribution in [0.2, 0.25) is 0 Å². The fraction of sp³-hybridized carbons (Fsp3) is 0.750. The minimum Gasteiger partial charge on any atom is -0.396 e. The number of hydrogen-bond acceptors (Lipinski definition) is 3. The third kappa shape index (κ3) is 4.85. The maximum Gasteiger partial charge on any atom is 0.229 e. The molecule has 0 aromatic rings. The van der Waals surface area contributed by atoms with E-state index < -0.39 is 0 Å². The largest absolute Gasteiger partial charge is 0.396 e. The summed E-state index contributed by atoms with van der Waals surface area (Å²) in [5.41, 5.74) is 0. The summed E-state index contributed by atoms with van der Waals surface area (Å²) in [4.78, 5) is 23.1. The van der Waals surface area contributed by atoms with Crippen LogP contribution in [0.5, 0.6) is 0 Å². The second kappa shape index (κ2) is 5.71. The van der Waals surface area contributed by atoms with Crippen LogP contribution in [0.4, 0.5) is 0 Å². The number of hydrogen-bond donors (Lipinski definition) is 1. The lowest BCUT2D eigenvalue weighted by Crippen LogP contribution is -2.29. The highest BCUT2D eigenvalue weighted by Crippen LogP contribution is 1.93. The van der Waals surface area contributed by atoms with Gasteiger partial charge in [-0.3, -0.25) is 9.59 Å². The minimum atomic E-state index is -0.184. The average molecular weight is 173 g/mol. The van der Waals surface area contributed by atoms with Crippen molar-refractivity contribution in [2.75, 3.05) is 20.2 Å². The maximum absolute atomic E-state index is 11.1. The van der Waals surface area contributed by atoms with Gasteiger partial charge in [0.25, 0.3) is 0 Å². The Kier molecular flexibility index (Phi) is 5.28. The van der Waals surface area contributed by atoms with E-state index in [-0.39, 0.29) is 24.7 Å². The van der Waals surface area contributed by atoms with Crippen molar-refractivity contribution in [2.24, 2.45) is 0 Å². The molecule has 0 aromatic carbocycles. The van der Waals surface area contributed by atoms with Crippen LogP contribution in [0.25, 0.3) is 0 Å². The van der Waals surface area contributed by atoms with Crippen molar-refractivity contribution in [1.29, 1.82) is 0 Å². The number of rotatable bonds is 5. The number of amides is 1. The molecule has 0 radical (unpaired) electrons. The molecule has 0 fully saturated rings. The Morgan fingerprint density at radius 3 is 2.42 bits per heavy atom. The summed E-state index contributed by atoms with van der Waals surface area (Å²) in [5.74, 6) is -0.313. The molecule has 4 heteroatoms. The first-order valence-electron chi connectivity index (χ1n) is 3.92. The van der Waals surface area contributed by atoms with Gasteiger partial charge in [0.05, 0.1) is 6.42 Å². The smallest absolute Gasteiger partial charge is 0.229 e. The molecule has 0 atom stereocenters. The zero-order chi connectivity index (χ0) is 9.56. The molecule has 0 heterocycles. The molecule has 0 aromatic heterocycles. The predicted octanol–water partition coefficient (Wildman–Crippen LogP) is -0.194. The van der Waals surface area contributed by atoms with Crippen LogP contribution in [0.15, 0.2) is 0 Å². The van der Waals surface area contributed by atoms with Crippen LogP contribution in [-0.2, 0) is 9.59 Å². The van der Waals surface area contributed by atoms with Crippen molar-refractivity contribution in [2.45, 2.75) is 19.8 Å². The standard InChI is InChI=1S/C8H15NO3/c1-7(11)6-8(12)9(2)4-3-5-10/h10H,3-6H2,1-2H3. The van der Waals surface area contributed by atoms with Crippen molar-refractivity contribution < 1.29 is 14.7 Å². The van der Waals surface area contributed by atoms with Crippen LogP contribution >= 0.6 is 0 Å². The van der Waals surface area contributed by atoms with Gasteiger partial charge in [0.1, 0.15) is 5.78 Å². The molecular formula is C8H15NO3. The fourth-order valence-electron chi connectivity index (χ4n) is 0.781. The second-order valence-electron chi connectivity index (χ2n) is 2.77. The molecule has 12 heavy (non-hydrogen) atoms. The van der Waals surface area contributed by atoms with Gasteiger partial charge < -0.3 is 10.0 Å². The van der Waals surface area contributed by atoms with E-state index in [1.165, 1.54) is 11.8 Å². The quantitative estimate of drug-likeness (QED) is 0.586. The Morgan fingerprint density at radius 2 is 2.00 bits per heavy atom. The van der Waals surface area contributed by atoms with E-state index in [9.17, 15) is 9.59 Å². The molecule has 0 saturated carbocycles. The lowest BCUT2D eigenvalue weighted by molar-refractivity contribution is -0.133. The number of carbonyl (C=O) groups is 2. The summed E-state index contributed by atoms with van der Waals surface area (Å²) in [7, 11) is 1.63. The number of carbonyl (C=O) groups excluding carboxylic acids is 2. The first-order chi connectivity index (χ1) is 5.57. The van der Waals surface area contributed by atoms with E-state index in [4.69, 9.17) is 5.11 Å². The summed E-state index contributed by atoms with van der Waals surface area (Å²) >= 11 is 0. The molecule has 0 bridgehead atoms. The minimum absolute atomic E-state index is 0.0398. The molecule has 0 aliphatic rings. The predicted molar refractivity (Wildman–Crippen MR) is 44.6 cm³/mol. The third-order valence-corrected chi connectivity index (χ3v) is 1.48. The second-order valence-corrected chi connectivity index (χ2v) is 2.77. The van der Waals surface area contributed by atoms with Crippen molar-refractivity contribution in [3.8, 4) is 0 Å². The Hall–Kier alpha value is -0.900. The summed E-state index contributed by atoms with van der Waals surface area (Å²) < 4.78 is 0. The molecule has 1 amide bonds. The van der Waals surface area contributed by atoms with Gasteiger partial charge in [0, 0.05) is 20.2 Å². The molecule has 0 aliphatic heterocycles. The van der Waals surface area contributed by atoms with Crippen molar-refractivity contribution >= 4 is 11.7 Å². The first-order valence-corrected chi connectivity index (χ1v) is 3.92. The van der Waals surface area contributed by atoms with Crippen molar-refractivity contribution in [3.63, 3.8) is 0 Å². The van der Waals surface area contributed by atoms with E-state index in [0.717, 1.165) is 0 Å². The van der Waals surface area contributed by atoms with Gasteiger partial charge in [-0.1, -0.05) is 0 Å². The highest BCUT2D eigenvalue weighted by Gasteiger charge is 2.09. The van der Waals surface area contributed by atoms with Crippen LogP contribution in [-0.4, -0.2) is 41.9 Å². The van der Waals surface area contributed by atoms with Gasteiger partial charge in [0.15, 0.2) is 0 Å². The number of nitrogens with zero attached hydrogens (tertiary/aromatic N) is 1. The number of ketones is 1. The fourth-order valence-corrected chi connectivity index (χ4v) is 0.781. The molecule has 4 nitrogen and oxygen atoms in total. The zero-order valence-electron chi connectivity index (χ0n) is 7.54. The van der Waals surface area contributed by atoms with Crippen molar-refractivity contribution in [3.05, 3.63) is 0 Å². The van der Waals surface area contributed by atoms with Gasteiger partial charge in [0.2, 0.25) is 5.91 Å². The molecule has 0 saturated heterocycles. The van der Waals surface area contributed by atoms with Gasteiger partial charge in [-0.15, -0.1) is 0 Å². The highest BCUT2D eigenvalue weighted by atomic mass is 16.3. The Morgan fingerprint density at radius 1 is 1.42 bits per heavy atom. The van der Waals surface area contributed by atoms with E-state index in [1.807, 2.05) is 0 Å². The lowest BCUT2D eigenvalue weighted by Gasteiger charge is -2.15. The topological polar surface area (TPSA) is 57.6 Å². The van der Waals surface area contributed by atoms with Gasteiger partial charge in [-0.2, -0.15) is 0 Å². The van der Waals surface area contributed by atoms with Crippen LogP contribution in [0.3, 0.4) is 0 Å². The van der Waals surface area contributed by atoms with Crippen molar-refractivity contribution in [1.82, 2.24) is 4.90 Å². The van der Waals surface area contributed by atoms with Gasteiger partial charge in [-0.05, 0) is 13.3 Å². The van der Waals surface area contributed by atoms with E-state index in [2.05, 4.69) is 0 Å². The Bertz CT molecular complexity index is 168. The molecule has 0 unspecified atom stereocenters. The average Bonchev–Trinajstić information content (AvgIpc) is 1.98. The van der Waals surface area contributed by atoms with Crippen LogP contribution < -0.4 is 0 Å². The maximum atomic E-state index is 11.1. The van der Waals surface area contributed by atoms with Crippen LogP contribution in [0.1, 0.15) is 19.8 Å². The van der Waals surface area contributed by atoms with Gasteiger partial charge >= 0.3 is 0 Å². The molecule has 0 spiro atoms.